The maximum absolute atomic E-state index is 10.9. The van der Waals surface area contributed by atoms with E-state index < -0.39 is 5.97 Å². The van der Waals surface area contributed by atoms with Crippen LogP contribution in [0, 0.1) is 6.92 Å². The number of aromatic nitrogens is 2. The summed E-state index contributed by atoms with van der Waals surface area (Å²) >= 11 is 0. The Hall–Kier alpha value is -2.43. The van der Waals surface area contributed by atoms with Crippen LogP contribution in [-0.4, -0.2) is 28.1 Å². The van der Waals surface area contributed by atoms with Gasteiger partial charge < -0.3 is 10.0 Å². The zero-order valence-corrected chi connectivity index (χ0v) is 10.2. The molecule has 2 aromatic rings. The van der Waals surface area contributed by atoms with Crippen molar-refractivity contribution in [2.24, 2.45) is 0 Å². The van der Waals surface area contributed by atoms with Crippen molar-refractivity contribution < 1.29 is 9.90 Å². The molecule has 0 aliphatic rings. The van der Waals surface area contributed by atoms with E-state index in [-0.39, 0.29) is 5.56 Å². The number of nitrogens with zero attached hydrogens (tertiary/aromatic N) is 3. The third kappa shape index (κ3) is 2.45. The van der Waals surface area contributed by atoms with Gasteiger partial charge in [-0.05, 0) is 30.7 Å². The van der Waals surface area contributed by atoms with Crippen LogP contribution in [0.4, 0.5) is 11.6 Å². The Morgan fingerprint density at radius 2 is 1.94 bits per heavy atom. The van der Waals surface area contributed by atoms with Gasteiger partial charge in [0.05, 0.1) is 5.56 Å². The average Bonchev–Trinajstić information content (AvgIpc) is 2.39. The molecule has 5 nitrogen and oxygen atoms in total. The van der Waals surface area contributed by atoms with Crippen LogP contribution < -0.4 is 4.90 Å². The normalized spacial score (nSPS) is 10.1. The molecule has 0 amide bonds. The monoisotopic (exact) mass is 243 g/mol. The molecule has 0 atom stereocenters. The van der Waals surface area contributed by atoms with E-state index in [0.717, 1.165) is 11.3 Å². The maximum atomic E-state index is 10.9. The molecule has 1 N–H and O–H groups in total. The van der Waals surface area contributed by atoms with Gasteiger partial charge in [-0.3, -0.25) is 0 Å². The molecular weight excluding hydrogens is 230 g/mol. The number of carboxylic acid groups (broad SMARTS) is 1. The highest BCUT2D eigenvalue weighted by Gasteiger charge is 2.09. The number of anilines is 2. The second kappa shape index (κ2) is 4.83. The lowest BCUT2D eigenvalue weighted by molar-refractivity contribution is 0.0697. The number of rotatable bonds is 3. The smallest absolute Gasteiger partial charge is 0.335 e. The van der Waals surface area contributed by atoms with Crippen molar-refractivity contribution in [2.45, 2.75) is 6.92 Å². The summed E-state index contributed by atoms with van der Waals surface area (Å²) in [6.45, 7) is 1.91. The Morgan fingerprint density at radius 3 is 2.56 bits per heavy atom. The van der Waals surface area contributed by atoms with Crippen molar-refractivity contribution in [2.75, 3.05) is 11.9 Å². The van der Waals surface area contributed by atoms with Crippen molar-refractivity contribution >= 4 is 17.6 Å². The van der Waals surface area contributed by atoms with E-state index in [4.69, 9.17) is 5.11 Å². The summed E-state index contributed by atoms with van der Waals surface area (Å²) in [6.07, 6.45) is 3.44. The number of carbonyl (C=O) groups is 1. The Kier molecular flexibility index (Phi) is 3.23. The van der Waals surface area contributed by atoms with E-state index in [1.807, 2.05) is 13.0 Å². The summed E-state index contributed by atoms with van der Waals surface area (Å²) < 4.78 is 0. The van der Waals surface area contributed by atoms with Crippen molar-refractivity contribution in [3.05, 3.63) is 47.8 Å². The number of carboxylic acids is 1. The van der Waals surface area contributed by atoms with Gasteiger partial charge in [-0.15, -0.1) is 0 Å². The third-order valence-corrected chi connectivity index (χ3v) is 2.55. The Labute approximate surface area is 105 Å². The van der Waals surface area contributed by atoms with Crippen LogP contribution in [0.2, 0.25) is 0 Å². The van der Waals surface area contributed by atoms with Crippen LogP contribution in [0.1, 0.15) is 15.9 Å². The summed E-state index contributed by atoms with van der Waals surface area (Å²) in [6, 6.07) is 6.65. The van der Waals surface area contributed by atoms with E-state index in [9.17, 15) is 4.79 Å². The van der Waals surface area contributed by atoms with E-state index >= 15 is 0 Å². The number of benzene rings is 1. The van der Waals surface area contributed by atoms with E-state index in [2.05, 4.69) is 9.97 Å². The van der Waals surface area contributed by atoms with Crippen molar-refractivity contribution in [1.29, 1.82) is 0 Å². The molecule has 0 bridgehead atoms. The van der Waals surface area contributed by atoms with E-state index in [0.29, 0.717) is 5.95 Å². The predicted molar refractivity (Wildman–Crippen MR) is 68.2 cm³/mol. The molecule has 0 aliphatic carbocycles. The molecule has 5 heteroatoms. The lowest BCUT2D eigenvalue weighted by atomic mass is 10.2. The summed E-state index contributed by atoms with van der Waals surface area (Å²) in [5.74, 6) is -0.418. The first-order chi connectivity index (χ1) is 8.58. The minimum absolute atomic E-state index is 0.242. The van der Waals surface area contributed by atoms with Gasteiger partial charge in [0.1, 0.15) is 0 Å². The first-order valence-electron chi connectivity index (χ1n) is 5.43. The molecule has 0 aliphatic heterocycles. The molecule has 1 heterocycles. The predicted octanol–water partition coefficient (Wildman–Crippen LogP) is 2.25. The summed E-state index contributed by atoms with van der Waals surface area (Å²) in [7, 11) is 1.80. The standard InChI is InChI=1S/C13H13N3O2/c1-9-7-14-13(15-8-9)16(2)11-5-3-4-10(6-11)12(17)18/h3-8H,1-2H3,(H,17,18). The molecule has 0 saturated heterocycles. The van der Waals surface area contributed by atoms with Crippen LogP contribution >= 0.6 is 0 Å². The van der Waals surface area contributed by atoms with Gasteiger partial charge >= 0.3 is 5.97 Å². The summed E-state index contributed by atoms with van der Waals surface area (Å²) in [4.78, 5) is 21.0. The Morgan fingerprint density at radius 1 is 1.28 bits per heavy atom. The molecule has 1 aromatic heterocycles. The van der Waals surface area contributed by atoms with Crippen LogP contribution in [0.5, 0.6) is 0 Å². The molecule has 2 rings (SSSR count). The van der Waals surface area contributed by atoms with Gasteiger partial charge in [0, 0.05) is 25.1 Å². The Balaban J connectivity index is 2.33. The van der Waals surface area contributed by atoms with E-state index in [1.54, 1.807) is 42.5 Å². The molecule has 1 aromatic carbocycles. The number of hydrogen-bond acceptors (Lipinski definition) is 4. The number of aryl methyl sites for hydroxylation is 1. The minimum atomic E-state index is -0.949. The van der Waals surface area contributed by atoms with Gasteiger partial charge in [-0.2, -0.15) is 0 Å². The van der Waals surface area contributed by atoms with Crippen molar-refractivity contribution in [3.8, 4) is 0 Å². The van der Waals surface area contributed by atoms with Gasteiger partial charge in [-0.1, -0.05) is 6.07 Å². The SMILES string of the molecule is Cc1cnc(N(C)c2cccc(C(=O)O)c2)nc1. The lowest BCUT2D eigenvalue weighted by Gasteiger charge is -2.17. The largest absolute Gasteiger partial charge is 0.478 e. The van der Waals surface area contributed by atoms with Crippen LogP contribution in [0.25, 0.3) is 0 Å². The zero-order chi connectivity index (χ0) is 13.1. The second-order valence-corrected chi connectivity index (χ2v) is 3.97. The lowest BCUT2D eigenvalue weighted by Crippen LogP contribution is -2.13. The summed E-state index contributed by atoms with van der Waals surface area (Å²) in [5.41, 5.74) is 1.96. The molecular formula is C13H13N3O2. The fourth-order valence-electron chi connectivity index (χ4n) is 1.52. The summed E-state index contributed by atoms with van der Waals surface area (Å²) in [5, 5.41) is 8.95. The fourth-order valence-corrected chi connectivity index (χ4v) is 1.52. The van der Waals surface area contributed by atoms with Crippen LogP contribution in [0.3, 0.4) is 0 Å². The van der Waals surface area contributed by atoms with Gasteiger partial charge in [0.15, 0.2) is 0 Å². The van der Waals surface area contributed by atoms with Gasteiger partial charge in [-0.25, -0.2) is 14.8 Å². The fraction of sp³-hybridized carbons (Fsp3) is 0.154. The van der Waals surface area contributed by atoms with Gasteiger partial charge in [0.25, 0.3) is 0 Å². The van der Waals surface area contributed by atoms with Crippen LogP contribution in [-0.2, 0) is 0 Å². The number of hydrogen-bond donors (Lipinski definition) is 1. The highest BCUT2D eigenvalue weighted by molar-refractivity contribution is 5.89. The second-order valence-electron chi connectivity index (χ2n) is 3.97. The van der Waals surface area contributed by atoms with Crippen LogP contribution in [0.15, 0.2) is 36.7 Å². The average molecular weight is 243 g/mol. The first-order valence-corrected chi connectivity index (χ1v) is 5.43. The molecule has 0 fully saturated rings. The molecule has 0 radical (unpaired) electrons. The van der Waals surface area contributed by atoms with Crippen molar-refractivity contribution in [3.63, 3.8) is 0 Å². The topological polar surface area (TPSA) is 66.3 Å². The first kappa shape index (κ1) is 12.0. The third-order valence-electron chi connectivity index (χ3n) is 2.55. The maximum Gasteiger partial charge on any atom is 0.335 e. The molecule has 0 saturated carbocycles. The quantitative estimate of drug-likeness (QED) is 0.895. The van der Waals surface area contributed by atoms with E-state index in [1.165, 1.54) is 0 Å². The molecule has 92 valence electrons. The van der Waals surface area contributed by atoms with Crippen molar-refractivity contribution in [1.82, 2.24) is 9.97 Å². The minimum Gasteiger partial charge on any atom is -0.478 e. The number of aromatic carboxylic acids is 1. The molecule has 18 heavy (non-hydrogen) atoms. The Bertz CT molecular complexity index is 567. The molecule has 0 unspecified atom stereocenters. The highest BCUT2D eigenvalue weighted by Crippen LogP contribution is 2.20. The molecule has 0 spiro atoms. The zero-order valence-electron chi connectivity index (χ0n) is 10.2. The van der Waals surface area contributed by atoms with Gasteiger partial charge in [0.2, 0.25) is 5.95 Å². The highest BCUT2D eigenvalue weighted by atomic mass is 16.4.